The first kappa shape index (κ1) is 7.69. The van der Waals surface area contributed by atoms with Gasteiger partial charge in [-0.05, 0) is 18.2 Å². The van der Waals surface area contributed by atoms with Crippen LogP contribution in [0.15, 0.2) is 18.2 Å². The molecule has 10 heavy (non-hydrogen) atoms. The summed E-state index contributed by atoms with van der Waals surface area (Å²) in [6.07, 6.45) is 0. The number of hydrogen-bond acceptors (Lipinski definition) is 2. The summed E-state index contributed by atoms with van der Waals surface area (Å²) >= 11 is 9.34. The van der Waals surface area contributed by atoms with Crippen LogP contribution in [0.3, 0.4) is 0 Å². The van der Waals surface area contributed by atoms with Crippen LogP contribution in [0.25, 0.3) is 0 Å². The highest BCUT2D eigenvalue weighted by Crippen LogP contribution is 2.22. The molecule has 1 aromatic carbocycles. The number of anilines is 1. The van der Waals surface area contributed by atoms with E-state index >= 15 is 0 Å². The number of benzene rings is 1. The molecule has 1 aromatic rings. The summed E-state index contributed by atoms with van der Waals surface area (Å²) in [7, 11) is 0. The predicted octanol–water partition coefficient (Wildman–Crippen LogP) is 2.74. The lowest BCUT2D eigenvalue weighted by atomic mass is 10.3. The molecule has 0 spiro atoms. The van der Waals surface area contributed by atoms with Crippen LogP contribution in [0.2, 0.25) is 5.02 Å². The molecule has 0 radical (unpaired) electrons. The van der Waals surface area contributed by atoms with E-state index in [1.54, 1.807) is 0 Å². The van der Waals surface area contributed by atoms with Crippen molar-refractivity contribution in [2.75, 3.05) is 4.72 Å². The number of thiol groups is 1. The van der Waals surface area contributed by atoms with Crippen LogP contribution in [-0.2, 0) is 0 Å². The first-order valence-electron chi connectivity index (χ1n) is 2.59. The average Bonchev–Trinajstić information content (AvgIpc) is 1.94. The molecule has 0 fully saturated rings. The van der Waals surface area contributed by atoms with Crippen molar-refractivity contribution < 1.29 is 4.39 Å². The first-order valence-corrected chi connectivity index (χ1v) is 3.41. The largest absolute Gasteiger partial charge is 0.331 e. The highest BCUT2D eigenvalue weighted by atomic mass is 35.5. The summed E-state index contributed by atoms with van der Waals surface area (Å²) < 4.78 is 14.9. The molecule has 0 unspecified atom stereocenters. The monoisotopic (exact) mass is 177 g/mol. The summed E-state index contributed by atoms with van der Waals surface area (Å²) in [6.45, 7) is 0. The molecule has 0 heterocycles. The Kier molecular flexibility index (Phi) is 2.40. The molecule has 0 saturated heterocycles. The van der Waals surface area contributed by atoms with Gasteiger partial charge in [0.15, 0.2) is 0 Å². The minimum Gasteiger partial charge on any atom is -0.331 e. The van der Waals surface area contributed by atoms with E-state index in [1.165, 1.54) is 18.2 Å². The maximum Gasteiger partial charge on any atom is 0.125 e. The van der Waals surface area contributed by atoms with Crippen LogP contribution in [0.4, 0.5) is 10.1 Å². The second-order valence-electron chi connectivity index (χ2n) is 1.74. The standard InChI is InChI=1S/C6H5ClFNS/c7-5-2-1-4(8)3-6(5)9-10/h1-3,9-10H. The summed E-state index contributed by atoms with van der Waals surface area (Å²) in [6, 6.07) is 4.03. The summed E-state index contributed by atoms with van der Waals surface area (Å²) in [5.41, 5.74) is 0.477. The summed E-state index contributed by atoms with van der Waals surface area (Å²) in [4.78, 5) is 0. The highest BCUT2D eigenvalue weighted by molar-refractivity contribution is 7.81. The number of hydrogen-bond donors (Lipinski definition) is 2. The Hall–Kier alpha value is -0.410. The molecule has 0 aromatic heterocycles. The molecule has 1 rings (SSSR count). The molecule has 0 aliphatic rings. The van der Waals surface area contributed by atoms with Gasteiger partial charge in [0.1, 0.15) is 5.82 Å². The Morgan fingerprint density at radius 3 is 2.70 bits per heavy atom. The fraction of sp³-hybridized carbons (Fsp3) is 0. The van der Waals surface area contributed by atoms with Gasteiger partial charge in [-0.25, -0.2) is 4.39 Å². The van der Waals surface area contributed by atoms with Gasteiger partial charge in [0.25, 0.3) is 0 Å². The van der Waals surface area contributed by atoms with Gasteiger partial charge in [-0.15, -0.1) is 0 Å². The van der Waals surface area contributed by atoms with Gasteiger partial charge in [0.05, 0.1) is 10.7 Å². The predicted molar refractivity (Wildman–Crippen MR) is 44.0 cm³/mol. The van der Waals surface area contributed by atoms with Crippen LogP contribution < -0.4 is 4.72 Å². The number of rotatable bonds is 1. The van der Waals surface area contributed by atoms with E-state index in [2.05, 4.69) is 17.5 Å². The van der Waals surface area contributed by atoms with Crippen molar-refractivity contribution in [1.82, 2.24) is 0 Å². The van der Waals surface area contributed by atoms with E-state index in [9.17, 15) is 4.39 Å². The van der Waals surface area contributed by atoms with Crippen LogP contribution >= 0.6 is 24.4 Å². The molecular formula is C6H5ClFNS. The van der Waals surface area contributed by atoms with Crippen LogP contribution in [0.1, 0.15) is 0 Å². The van der Waals surface area contributed by atoms with Crippen molar-refractivity contribution in [1.29, 1.82) is 0 Å². The summed E-state index contributed by atoms with van der Waals surface area (Å²) in [5.74, 6) is -0.332. The average molecular weight is 178 g/mol. The van der Waals surface area contributed by atoms with Crippen molar-refractivity contribution in [3.05, 3.63) is 29.0 Å². The molecule has 54 valence electrons. The molecule has 0 saturated carbocycles. The van der Waals surface area contributed by atoms with Crippen molar-refractivity contribution >= 4 is 30.1 Å². The van der Waals surface area contributed by atoms with Crippen LogP contribution in [0, 0.1) is 5.82 Å². The Balaban J connectivity index is 3.09. The van der Waals surface area contributed by atoms with Crippen molar-refractivity contribution in [2.45, 2.75) is 0 Å². The van der Waals surface area contributed by atoms with E-state index in [0.29, 0.717) is 10.7 Å². The van der Waals surface area contributed by atoms with Crippen molar-refractivity contribution in [3.63, 3.8) is 0 Å². The Labute approximate surface area is 68.7 Å². The third-order valence-electron chi connectivity index (χ3n) is 1.05. The van der Waals surface area contributed by atoms with E-state index in [1.807, 2.05) is 0 Å². The van der Waals surface area contributed by atoms with Crippen LogP contribution in [0.5, 0.6) is 0 Å². The van der Waals surface area contributed by atoms with Crippen LogP contribution in [-0.4, -0.2) is 0 Å². The SMILES string of the molecule is Fc1ccc(Cl)c(NS)c1. The minimum atomic E-state index is -0.332. The second-order valence-corrected chi connectivity index (χ2v) is 2.37. The maximum atomic E-state index is 12.4. The van der Waals surface area contributed by atoms with Gasteiger partial charge in [0.2, 0.25) is 0 Å². The van der Waals surface area contributed by atoms with E-state index in [-0.39, 0.29) is 5.82 Å². The molecule has 0 aliphatic carbocycles. The van der Waals surface area contributed by atoms with Gasteiger partial charge in [-0.1, -0.05) is 24.4 Å². The first-order chi connectivity index (χ1) is 4.74. The lowest BCUT2D eigenvalue weighted by molar-refractivity contribution is 0.628. The zero-order valence-electron chi connectivity index (χ0n) is 4.94. The number of halogens is 2. The van der Waals surface area contributed by atoms with Gasteiger partial charge in [-0.2, -0.15) is 0 Å². The molecule has 0 bridgehead atoms. The van der Waals surface area contributed by atoms with Crippen molar-refractivity contribution in [2.24, 2.45) is 0 Å². The smallest absolute Gasteiger partial charge is 0.125 e. The second kappa shape index (κ2) is 3.12. The lowest BCUT2D eigenvalue weighted by Gasteiger charge is -2.00. The topological polar surface area (TPSA) is 12.0 Å². The van der Waals surface area contributed by atoms with Gasteiger partial charge in [0, 0.05) is 0 Å². The highest BCUT2D eigenvalue weighted by Gasteiger charge is 1.97. The molecule has 1 nitrogen and oxygen atoms in total. The Bertz CT molecular complexity index is 241. The maximum absolute atomic E-state index is 12.4. The zero-order valence-corrected chi connectivity index (χ0v) is 6.59. The minimum absolute atomic E-state index is 0.332. The van der Waals surface area contributed by atoms with E-state index < -0.39 is 0 Å². The fourth-order valence-electron chi connectivity index (χ4n) is 0.583. The quantitative estimate of drug-likeness (QED) is 0.629. The van der Waals surface area contributed by atoms with E-state index in [4.69, 9.17) is 11.6 Å². The summed E-state index contributed by atoms with van der Waals surface area (Å²) in [5, 5.41) is 0.455. The number of nitrogens with one attached hydrogen (secondary N) is 1. The molecule has 0 aliphatic heterocycles. The van der Waals surface area contributed by atoms with E-state index in [0.717, 1.165) is 0 Å². The van der Waals surface area contributed by atoms with Gasteiger partial charge < -0.3 is 4.72 Å². The Morgan fingerprint density at radius 1 is 1.50 bits per heavy atom. The fourth-order valence-corrected chi connectivity index (χ4v) is 0.999. The van der Waals surface area contributed by atoms with Gasteiger partial charge in [-0.3, -0.25) is 0 Å². The van der Waals surface area contributed by atoms with Gasteiger partial charge >= 0.3 is 0 Å². The molecule has 0 amide bonds. The normalized spacial score (nSPS) is 9.50. The lowest BCUT2D eigenvalue weighted by Crippen LogP contribution is -1.82. The molecule has 0 atom stereocenters. The Morgan fingerprint density at radius 2 is 2.20 bits per heavy atom. The van der Waals surface area contributed by atoms with Crippen molar-refractivity contribution in [3.8, 4) is 0 Å². The molecule has 4 heteroatoms. The third-order valence-corrected chi connectivity index (χ3v) is 1.62. The zero-order chi connectivity index (χ0) is 7.56. The molecule has 1 N–H and O–H groups in total. The molecular weight excluding hydrogens is 173 g/mol. The third kappa shape index (κ3) is 1.55.